The first-order valence-corrected chi connectivity index (χ1v) is 9.40. The van der Waals surface area contributed by atoms with Crippen LogP contribution < -0.4 is 10.6 Å². The van der Waals surface area contributed by atoms with Crippen LogP contribution in [0.5, 0.6) is 0 Å². The fraction of sp³-hybridized carbons (Fsp3) is 0.353. The molecule has 0 saturated carbocycles. The fourth-order valence-corrected chi connectivity index (χ4v) is 3.77. The van der Waals surface area contributed by atoms with Crippen molar-refractivity contribution in [3.63, 3.8) is 0 Å². The monoisotopic (exact) mass is 429 g/mol. The molecule has 2 N–H and O–H groups in total. The molecule has 4 nitrogen and oxygen atoms in total. The Hall–Kier alpha value is -0.920. The summed E-state index contributed by atoms with van der Waals surface area (Å²) in [6, 6.07) is 12.1. The molecule has 2 heterocycles. The maximum absolute atomic E-state index is 12.2. The number of rotatable bonds is 5. The summed E-state index contributed by atoms with van der Waals surface area (Å²) in [6.07, 6.45) is 0. The summed E-state index contributed by atoms with van der Waals surface area (Å²) in [5.41, 5.74) is 1.14. The number of carbonyl (C=O) groups excluding carboxylic acids is 1. The van der Waals surface area contributed by atoms with Crippen molar-refractivity contribution >= 4 is 45.6 Å². The summed E-state index contributed by atoms with van der Waals surface area (Å²) in [5, 5.41) is 6.35. The zero-order chi connectivity index (χ0) is 16.1. The molecule has 1 aliphatic heterocycles. The molecular weight excluding hydrogens is 410 g/mol. The molecule has 1 aliphatic rings. The van der Waals surface area contributed by atoms with Gasteiger partial charge < -0.3 is 10.6 Å². The van der Waals surface area contributed by atoms with Gasteiger partial charge in [-0.2, -0.15) is 0 Å². The van der Waals surface area contributed by atoms with E-state index in [0.29, 0.717) is 6.54 Å². The third kappa shape index (κ3) is 5.29. The molecule has 0 aliphatic carbocycles. The molecule has 0 atom stereocenters. The van der Waals surface area contributed by atoms with Gasteiger partial charge in [-0.3, -0.25) is 9.69 Å². The number of piperazine rings is 1. The van der Waals surface area contributed by atoms with Gasteiger partial charge in [0.25, 0.3) is 5.91 Å². The van der Waals surface area contributed by atoms with Gasteiger partial charge in [-0.1, -0.05) is 28.1 Å². The van der Waals surface area contributed by atoms with Crippen molar-refractivity contribution in [1.29, 1.82) is 0 Å². The van der Waals surface area contributed by atoms with E-state index in [1.54, 1.807) is 0 Å². The largest absolute Gasteiger partial charge is 0.350 e. The van der Waals surface area contributed by atoms with Gasteiger partial charge in [0.1, 0.15) is 0 Å². The summed E-state index contributed by atoms with van der Waals surface area (Å²) in [7, 11) is 0. The van der Waals surface area contributed by atoms with Crippen LogP contribution in [0.15, 0.2) is 40.9 Å². The third-order valence-corrected chi connectivity index (χ3v) is 5.54. The lowest BCUT2D eigenvalue weighted by Crippen LogP contribution is -2.46. The number of benzene rings is 1. The van der Waals surface area contributed by atoms with Crippen molar-refractivity contribution < 1.29 is 4.79 Å². The highest BCUT2D eigenvalue weighted by molar-refractivity contribution is 9.10. The number of hydrogen-bond donors (Lipinski definition) is 2. The Kier molecular flexibility index (Phi) is 7.71. The average molecular weight is 431 g/mol. The van der Waals surface area contributed by atoms with E-state index in [0.717, 1.165) is 52.5 Å². The topological polar surface area (TPSA) is 44.4 Å². The van der Waals surface area contributed by atoms with E-state index in [2.05, 4.69) is 43.6 Å². The molecule has 0 bridgehead atoms. The molecule has 7 heteroatoms. The maximum Gasteiger partial charge on any atom is 0.261 e. The molecular formula is C17H21BrClN3OS. The first kappa shape index (κ1) is 19.4. The Labute approximate surface area is 161 Å². The highest BCUT2D eigenvalue weighted by Gasteiger charge is 2.12. The van der Waals surface area contributed by atoms with Crippen molar-refractivity contribution in [2.45, 2.75) is 0 Å². The highest BCUT2D eigenvalue weighted by Crippen LogP contribution is 2.29. The van der Waals surface area contributed by atoms with Crippen molar-refractivity contribution in [2.24, 2.45) is 0 Å². The van der Waals surface area contributed by atoms with E-state index >= 15 is 0 Å². The molecule has 3 rings (SSSR count). The number of nitrogens with zero attached hydrogens (tertiary/aromatic N) is 1. The number of nitrogens with one attached hydrogen (secondary N) is 2. The van der Waals surface area contributed by atoms with Gasteiger partial charge in [-0.25, -0.2) is 0 Å². The van der Waals surface area contributed by atoms with Gasteiger partial charge in [0, 0.05) is 48.6 Å². The zero-order valence-corrected chi connectivity index (χ0v) is 16.5. The Bertz CT molecular complexity index is 656. The van der Waals surface area contributed by atoms with Crippen LogP contribution in [0, 0.1) is 0 Å². The van der Waals surface area contributed by atoms with E-state index < -0.39 is 0 Å². The van der Waals surface area contributed by atoms with Crippen LogP contribution in [0.2, 0.25) is 0 Å². The smallest absolute Gasteiger partial charge is 0.261 e. The van der Waals surface area contributed by atoms with E-state index in [4.69, 9.17) is 0 Å². The normalized spacial score (nSPS) is 14.9. The third-order valence-electron chi connectivity index (χ3n) is 3.88. The number of carbonyl (C=O) groups is 1. The van der Waals surface area contributed by atoms with Crippen LogP contribution in [0.1, 0.15) is 9.67 Å². The minimum Gasteiger partial charge on any atom is -0.350 e. The summed E-state index contributed by atoms with van der Waals surface area (Å²) in [6.45, 7) is 5.80. The molecule has 0 unspecified atom stereocenters. The number of amides is 1. The van der Waals surface area contributed by atoms with Crippen LogP contribution in [-0.4, -0.2) is 50.1 Å². The number of thiophene rings is 1. The summed E-state index contributed by atoms with van der Waals surface area (Å²) < 4.78 is 1.06. The molecule has 0 radical (unpaired) electrons. The number of halogens is 2. The molecule has 1 aromatic carbocycles. The number of hydrogen-bond acceptors (Lipinski definition) is 4. The molecule has 2 aromatic rings. The second kappa shape index (κ2) is 9.53. The summed E-state index contributed by atoms with van der Waals surface area (Å²) in [5.74, 6) is 0.0218. The first-order valence-electron chi connectivity index (χ1n) is 7.79. The Morgan fingerprint density at radius 3 is 2.58 bits per heavy atom. The van der Waals surface area contributed by atoms with Crippen molar-refractivity contribution in [3.8, 4) is 10.4 Å². The zero-order valence-electron chi connectivity index (χ0n) is 13.3. The molecule has 24 heavy (non-hydrogen) atoms. The van der Waals surface area contributed by atoms with Crippen LogP contribution in [0.3, 0.4) is 0 Å². The van der Waals surface area contributed by atoms with Gasteiger partial charge in [0.2, 0.25) is 0 Å². The maximum atomic E-state index is 12.2. The first-order chi connectivity index (χ1) is 11.2. The Morgan fingerprint density at radius 1 is 1.17 bits per heavy atom. The molecule has 1 fully saturated rings. The van der Waals surface area contributed by atoms with Crippen LogP contribution in [0.25, 0.3) is 10.4 Å². The molecule has 130 valence electrons. The SMILES string of the molecule is Cl.O=C(NCCN1CCNCC1)c1ccc(-c2ccc(Br)cc2)s1. The van der Waals surface area contributed by atoms with Crippen LogP contribution >= 0.6 is 39.7 Å². The Morgan fingerprint density at radius 2 is 1.88 bits per heavy atom. The molecule has 1 saturated heterocycles. The van der Waals surface area contributed by atoms with Crippen LogP contribution in [0.4, 0.5) is 0 Å². The van der Waals surface area contributed by atoms with Gasteiger partial charge in [-0.05, 0) is 29.8 Å². The summed E-state index contributed by atoms with van der Waals surface area (Å²) >= 11 is 4.97. The van der Waals surface area contributed by atoms with Crippen molar-refractivity contribution in [2.75, 3.05) is 39.3 Å². The van der Waals surface area contributed by atoms with Gasteiger partial charge in [0.05, 0.1) is 4.88 Å². The van der Waals surface area contributed by atoms with E-state index in [9.17, 15) is 4.79 Å². The van der Waals surface area contributed by atoms with Gasteiger partial charge in [-0.15, -0.1) is 23.7 Å². The lowest BCUT2D eigenvalue weighted by Gasteiger charge is -2.26. The van der Waals surface area contributed by atoms with Crippen molar-refractivity contribution in [3.05, 3.63) is 45.7 Å². The van der Waals surface area contributed by atoms with Crippen LogP contribution in [-0.2, 0) is 0 Å². The molecule has 0 spiro atoms. The van der Waals surface area contributed by atoms with Gasteiger partial charge in [0.15, 0.2) is 0 Å². The summed E-state index contributed by atoms with van der Waals surface area (Å²) in [4.78, 5) is 16.5. The fourth-order valence-electron chi connectivity index (χ4n) is 2.58. The predicted octanol–water partition coefficient (Wildman–Crippen LogP) is 3.23. The molecule has 1 amide bonds. The van der Waals surface area contributed by atoms with Gasteiger partial charge >= 0.3 is 0 Å². The standard InChI is InChI=1S/C17H20BrN3OS.ClH/c18-14-3-1-13(2-4-14)15-5-6-16(23-15)17(22)20-9-12-21-10-7-19-8-11-21;/h1-6,19H,7-12H2,(H,20,22);1H. The second-order valence-corrected chi connectivity index (χ2v) is 7.52. The second-order valence-electron chi connectivity index (χ2n) is 5.52. The quantitative estimate of drug-likeness (QED) is 0.765. The highest BCUT2D eigenvalue weighted by atomic mass is 79.9. The lowest BCUT2D eigenvalue weighted by atomic mass is 10.2. The van der Waals surface area contributed by atoms with E-state index in [1.807, 2.05) is 24.3 Å². The van der Waals surface area contributed by atoms with E-state index in [1.165, 1.54) is 11.3 Å². The minimum atomic E-state index is 0. The minimum absolute atomic E-state index is 0. The molecule has 1 aromatic heterocycles. The predicted molar refractivity (Wildman–Crippen MR) is 106 cm³/mol. The van der Waals surface area contributed by atoms with E-state index in [-0.39, 0.29) is 18.3 Å². The Balaban J connectivity index is 0.00000208. The lowest BCUT2D eigenvalue weighted by molar-refractivity contribution is 0.0951. The van der Waals surface area contributed by atoms with Crippen molar-refractivity contribution in [1.82, 2.24) is 15.5 Å². The average Bonchev–Trinajstić information content (AvgIpc) is 3.06.